The molecule has 0 aromatic carbocycles. The summed E-state index contributed by atoms with van der Waals surface area (Å²) in [6, 6.07) is 0. The summed E-state index contributed by atoms with van der Waals surface area (Å²) >= 11 is 0. The van der Waals surface area contributed by atoms with Crippen LogP contribution in [-0.2, 0) is 4.79 Å². The van der Waals surface area contributed by atoms with Gasteiger partial charge in [-0.25, -0.2) is 0 Å². The minimum atomic E-state index is -0.283. The fraction of sp³-hybridized carbons (Fsp3) is 0.875. The van der Waals surface area contributed by atoms with Crippen molar-refractivity contribution < 1.29 is 9.90 Å². The molecule has 2 unspecified atom stereocenters. The maximum Gasteiger partial charge on any atom is 0.130 e. The Bertz CT molecular complexity index is 108. The number of hydrogen-bond donors (Lipinski definition) is 1. The Morgan fingerprint density at radius 1 is 1.50 bits per heavy atom. The van der Waals surface area contributed by atoms with E-state index < -0.39 is 0 Å². The van der Waals surface area contributed by atoms with Gasteiger partial charge in [0.05, 0.1) is 6.10 Å². The fourth-order valence-corrected chi connectivity index (χ4v) is 1.16. The van der Waals surface area contributed by atoms with Crippen molar-refractivity contribution in [1.82, 2.24) is 0 Å². The zero-order valence-corrected chi connectivity index (χ0v) is 6.92. The van der Waals surface area contributed by atoms with Gasteiger partial charge in [0.2, 0.25) is 0 Å². The predicted octanol–water partition coefficient (Wildman–Crippen LogP) is 1.37. The Morgan fingerprint density at radius 2 is 2.00 bits per heavy atom. The number of ketones is 1. The van der Waals surface area contributed by atoms with Gasteiger partial charge in [0.25, 0.3) is 0 Å². The number of aliphatic hydroxyl groups excluding tert-OH is 1. The van der Waals surface area contributed by atoms with E-state index in [-0.39, 0.29) is 11.9 Å². The van der Waals surface area contributed by atoms with E-state index in [9.17, 15) is 4.79 Å². The SMILES string of the molecule is CC(=O)CC(C)CC(C)O. The number of carbonyl (C=O) groups excluding carboxylic acids is 1. The first-order valence-electron chi connectivity index (χ1n) is 3.70. The molecular weight excluding hydrogens is 128 g/mol. The Morgan fingerprint density at radius 3 is 2.30 bits per heavy atom. The molecule has 2 atom stereocenters. The molecule has 0 saturated carbocycles. The van der Waals surface area contributed by atoms with Crippen molar-refractivity contribution in [3.63, 3.8) is 0 Å². The van der Waals surface area contributed by atoms with Gasteiger partial charge in [-0.15, -0.1) is 0 Å². The van der Waals surface area contributed by atoms with Crippen molar-refractivity contribution in [2.75, 3.05) is 0 Å². The highest BCUT2D eigenvalue weighted by atomic mass is 16.3. The molecule has 0 aliphatic rings. The molecule has 0 bridgehead atoms. The van der Waals surface area contributed by atoms with E-state index in [1.807, 2.05) is 6.92 Å². The lowest BCUT2D eigenvalue weighted by Gasteiger charge is -2.10. The predicted molar refractivity (Wildman–Crippen MR) is 40.8 cm³/mol. The second-order valence-electron chi connectivity index (χ2n) is 3.10. The van der Waals surface area contributed by atoms with Crippen LogP contribution in [0.25, 0.3) is 0 Å². The van der Waals surface area contributed by atoms with Crippen LogP contribution in [0.5, 0.6) is 0 Å². The van der Waals surface area contributed by atoms with Crippen LogP contribution in [0.2, 0.25) is 0 Å². The summed E-state index contributed by atoms with van der Waals surface area (Å²) < 4.78 is 0. The Balaban J connectivity index is 3.43. The van der Waals surface area contributed by atoms with Crippen molar-refractivity contribution in [3.05, 3.63) is 0 Å². The fourth-order valence-electron chi connectivity index (χ4n) is 1.16. The second kappa shape index (κ2) is 4.45. The molecule has 0 aliphatic carbocycles. The van der Waals surface area contributed by atoms with E-state index >= 15 is 0 Å². The average molecular weight is 144 g/mol. The molecule has 10 heavy (non-hydrogen) atoms. The standard InChI is InChI=1S/C8H16O2/c1-6(4-7(2)9)5-8(3)10/h6-7,9H,4-5H2,1-3H3. The van der Waals surface area contributed by atoms with Crippen LogP contribution in [-0.4, -0.2) is 17.0 Å². The number of rotatable bonds is 4. The molecule has 0 radical (unpaired) electrons. The van der Waals surface area contributed by atoms with Gasteiger partial charge in [-0.2, -0.15) is 0 Å². The molecule has 0 saturated heterocycles. The van der Waals surface area contributed by atoms with E-state index in [0.29, 0.717) is 12.3 Å². The van der Waals surface area contributed by atoms with E-state index in [1.54, 1.807) is 13.8 Å². The Hall–Kier alpha value is -0.370. The summed E-state index contributed by atoms with van der Waals surface area (Å²) in [6.07, 6.45) is 1.03. The van der Waals surface area contributed by atoms with Crippen molar-refractivity contribution >= 4 is 5.78 Å². The van der Waals surface area contributed by atoms with Gasteiger partial charge in [0, 0.05) is 6.42 Å². The van der Waals surface area contributed by atoms with E-state index in [4.69, 9.17) is 5.11 Å². The lowest BCUT2D eigenvalue weighted by atomic mass is 9.99. The lowest BCUT2D eigenvalue weighted by Crippen LogP contribution is -2.09. The van der Waals surface area contributed by atoms with Gasteiger partial charge in [0.15, 0.2) is 0 Å². The number of Topliss-reactive ketones (excluding diaryl/α,β-unsaturated/α-hetero) is 1. The van der Waals surface area contributed by atoms with Crippen molar-refractivity contribution in [3.8, 4) is 0 Å². The van der Waals surface area contributed by atoms with Crippen LogP contribution < -0.4 is 0 Å². The quantitative estimate of drug-likeness (QED) is 0.647. The molecule has 1 N–H and O–H groups in total. The van der Waals surface area contributed by atoms with E-state index in [0.717, 1.165) is 6.42 Å². The second-order valence-corrected chi connectivity index (χ2v) is 3.10. The first-order chi connectivity index (χ1) is 4.52. The van der Waals surface area contributed by atoms with E-state index in [2.05, 4.69) is 0 Å². The van der Waals surface area contributed by atoms with Crippen LogP contribution in [0.15, 0.2) is 0 Å². The van der Waals surface area contributed by atoms with Crippen LogP contribution in [0, 0.1) is 5.92 Å². The summed E-state index contributed by atoms with van der Waals surface area (Å²) in [5, 5.41) is 8.92. The largest absolute Gasteiger partial charge is 0.393 e. The van der Waals surface area contributed by atoms with Crippen LogP contribution in [0.1, 0.15) is 33.6 Å². The number of carbonyl (C=O) groups is 1. The third kappa shape index (κ3) is 5.76. The number of hydrogen-bond acceptors (Lipinski definition) is 2. The lowest BCUT2D eigenvalue weighted by molar-refractivity contribution is -0.117. The highest BCUT2D eigenvalue weighted by Gasteiger charge is 2.07. The zero-order valence-electron chi connectivity index (χ0n) is 6.92. The monoisotopic (exact) mass is 144 g/mol. The minimum absolute atomic E-state index is 0.202. The molecule has 0 rings (SSSR count). The van der Waals surface area contributed by atoms with E-state index in [1.165, 1.54) is 0 Å². The highest BCUT2D eigenvalue weighted by Crippen LogP contribution is 2.09. The molecule has 0 aromatic heterocycles. The minimum Gasteiger partial charge on any atom is -0.393 e. The molecule has 0 heterocycles. The third-order valence-corrected chi connectivity index (χ3v) is 1.38. The summed E-state index contributed by atoms with van der Waals surface area (Å²) in [5.74, 6) is 0.519. The third-order valence-electron chi connectivity index (χ3n) is 1.38. The summed E-state index contributed by atoms with van der Waals surface area (Å²) in [6.45, 7) is 5.31. The van der Waals surface area contributed by atoms with Gasteiger partial charge < -0.3 is 9.90 Å². The molecule has 0 aliphatic heterocycles. The molecule has 60 valence electrons. The zero-order chi connectivity index (χ0) is 8.15. The first-order valence-corrected chi connectivity index (χ1v) is 3.70. The smallest absolute Gasteiger partial charge is 0.130 e. The van der Waals surface area contributed by atoms with Gasteiger partial charge in [0.1, 0.15) is 5.78 Å². The Kier molecular flexibility index (Phi) is 4.28. The van der Waals surface area contributed by atoms with Gasteiger partial charge in [-0.05, 0) is 26.2 Å². The number of aliphatic hydroxyl groups is 1. The first kappa shape index (κ1) is 9.63. The molecule has 0 spiro atoms. The molecule has 0 amide bonds. The van der Waals surface area contributed by atoms with Crippen LogP contribution >= 0.6 is 0 Å². The molecule has 0 fully saturated rings. The maximum atomic E-state index is 10.6. The Labute approximate surface area is 62.2 Å². The maximum absolute atomic E-state index is 10.6. The molecular formula is C8H16O2. The van der Waals surface area contributed by atoms with Gasteiger partial charge in [-0.1, -0.05) is 6.92 Å². The normalized spacial score (nSPS) is 16.4. The summed E-state index contributed by atoms with van der Waals surface area (Å²) in [4.78, 5) is 10.6. The van der Waals surface area contributed by atoms with Crippen molar-refractivity contribution in [1.29, 1.82) is 0 Å². The van der Waals surface area contributed by atoms with Gasteiger partial charge >= 0.3 is 0 Å². The van der Waals surface area contributed by atoms with Gasteiger partial charge in [-0.3, -0.25) is 0 Å². The van der Waals surface area contributed by atoms with Crippen LogP contribution in [0.3, 0.4) is 0 Å². The summed E-state index contributed by atoms with van der Waals surface area (Å²) in [5.41, 5.74) is 0. The molecule has 2 nitrogen and oxygen atoms in total. The molecule has 2 heteroatoms. The topological polar surface area (TPSA) is 37.3 Å². The highest BCUT2D eigenvalue weighted by molar-refractivity contribution is 5.75. The van der Waals surface area contributed by atoms with Crippen molar-refractivity contribution in [2.45, 2.75) is 39.7 Å². The van der Waals surface area contributed by atoms with Crippen molar-refractivity contribution in [2.24, 2.45) is 5.92 Å². The summed E-state index contributed by atoms with van der Waals surface area (Å²) in [7, 11) is 0. The van der Waals surface area contributed by atoms with Crippen LogP contribution in [0.4, 0.5) is 0 Å². The molecule has 0 aromatic rings. The average Bonchev–Trinajstić information content (AvgIpc) is 1.58.